The monoisotopic (exact) mass is 469 g/mol. The van der Waals surface area contributed by atoms with Crippen molar-refractivity contribution in [2.24, 2.45) is 0 Å². The molecule has 1 unspecified atom stereocenters. The lowest BCUT2D eigenvalue weighted by Gasteiger charge is -2.26. The maximum absolute atomic E-state index is 11.7. The lowest BCUT2D eigenvalue weighted by atomic mass is 9.91. The molecule has 0 aromatic heterocycles. The highest BCUT2D eigenvalue weighted by atomic mass is 16.6. The molecule has 180 valence electrons. The van der Waals surface area contributed by atoms with Gasteiger partial charge in [-0.25, -0.2) is 0 Å². The van der Waals surface area contributed by atoms with Gasteiger partial charge in [0.05, 0.1) is 14.2 Å². The summed E-state index contributed by atoms with van der Waals surface area (Å²) in [6.45, 7) is 3.87. The summed E-state index contributed by atoms with van der Waals surface area (Å²) in [5, 5.41) is 4.74. The number of dihydropyridines is 1. The normalized spacial score (nSPS) is 14.6. The summed E-state index contributed by atoms with van der Waals surface area (Å²) in [5.41, 5.74) is 2.58. The number of benzene rings is 2. The smallest absolute Gasteiger partial charge is 0.304 e. The van der Waals surface area contributed by atoms with Crippen LogP contribution in [0.1, 0.15) is 37.5 Å². The highest BCUT2D eigenvalue weighted by molar-refractivity contribution is 5.98. The lowest BCUT2D eigenvalue weighted by molar-refractivity contribution is -0.145. The third-order valence-corrected chi connectivity index (χ3v) is 5.10. The summed E-state index contributed by atoms with van der Waals surface area (Å²) in [6, 6.07) is 5.48. The van der Waals surface area contributed by atoms with E-state index < -0.39 is 24.1 Å². The number of rotatable bonds is 8. The molecule has 9 nitrogen and oxygen atoms in total. The fourth-order valence-electron chi connectivity index (χ4n) is 3.69. The number of carbonyl (C=O) groups is 3. The Morgan fingerprint density at radius 1 is 0.882 bits per heavy atom. The molecule has 0 spiro atoms. The molecule has 2 aromatic carbocycles. The molecule has 1 atom stereocenters. The maximum atomic E-state index is 11.7. The largest absolute Gasteiger partial charge is 0.493 e. The molecule has 0 fully saturated rings. The first-order valence-electron chi connectivity index (χ1n) is 10.5. The van der Waals surface area contributed by atoms with E-state index in [1.54, 1.807) is 19.3 Å². The number of carbonyl (C=O) groups excluding carboxylic acids is 3. The number of nitrogens with one attached hydrogen (secondary N) is 1. The number of esters is 3. The Hall–Kier alpha value is -4.01. The van der Waals surface area contributed by atoms with Gasteiger partial charge in [0.1, 0.15) is 13.2 Å². The van der Waals surface area contributed by atoms with Crippen LogP contribution in [0.5, 0.6) is 11.5 Å². The Bertz CT molecular complexity index is 1180. The van der Waals surface area contributed by atoms with E-state index in [9.17, 15) is 14.4 Å². The van der Waals surface area contributed by atoms with Crippen molar-refractivity contribution in [2.45, 2.75) is 40.2 Å². The van der Waals surface area contributed by atoms with E-state index in [-0.39, 0.29) is 13.2 Å². The molecule has 0 saturated carbocycles. The van der Waals surface area contributed by atoms with Gasteiger partial charge in [0.15, 0.2) is 17.7 Å². The summed E-state index contributed by atoms with van der Waals surface area (Å²) >= 11 is 0. The molecule has 1 N–H and O–H groups in total. The van der Waals surface area contributed by atoms with Gasteiger partial charge in [-0.05, 0) is 46.7 Å². The lowest BCUT2D eigenvalue weighted by Crippen LogP contribution is -2.32. The zero-order chi connectivity index (χ0) is 24.8. The average Bonchev–Trinajstić information content (AvgIpc) is 2.79. The fraction of sp³-hybridized carbons (Fsp3) is 0.320. The molecule has 9 heteroatoms. The molecule has 0 amide bonds. The van der Waals surface area contributed by atoms with Crippen molar-refractivity contribution in [3.63, 3.8) is 0 Å². The SMILES string of the molecule is COc1cc2cc(COC(C)=O)c(COC(C)=O)c(C3=CC=CC(OC(C)=O)N3)c2cc1OC. The van der Waals surface area contributed by atoms with Gasteiger partial charge in [-0.3, -0.25) is 14.4 Å². The van der Waals surface area contributed by atoms with Crippen LogP contribution in [0.3, 0.4) is 0 Å². The van der Waals surface area contributed by atoms with Gasteiger partial charge >= 0.3 is 17.9 Å². The van der Waals surface area contributed by atoms with Crippen molar-refractivity contribution >= 4 is 34.4 Å². The van der Waals surface area contributed by atoms with Crippen LogP contribution in [0.4, 0.5) is 0 Å². The van der Waals surface area contributed by atoms with E-state index in [1.807, 2.05) is 24.3 Å². The van der Waals surface area contributed by atoms with E-state index in [4.69, 9.17) is 23.7 Å². The minimum Gasteiger partial charge on any atom is -0.493 e. The van der Waals surface area contributed by atoms with Gasteiger partial charge in [0, 0.05) is 37.6 Å². The highest BCUT2D eigenvalue weighted by Gasteiger charge is 2.23. The molecule has 0 radical (unpaired) electrons. The quantitative estimate of drug-likeness (QED) is 0.460. The minimum atomic E-state index is -0.689. The van der Waals surface area contributed by atoms with Crippen molar-refractivity contribution in [3.05, 3.63) is 53.1 Å². The zero-order valence-electron chi connectivity index (χ0n) is 19.7. The van der Waals surface area contributed by atoms with Gasteiger partial charge < -0.3 is 29.0 Å². The number of allylic oxidation sites excluding steroid dienone is 2. The number of hydrogen-bond donors (Lipinski definition) is 1. The third-order valence-electron chi connectivity index (χ3n) is 5.10. The number of fused-ring (bicyclic) bond motifs is 1. The Kier molecular flexibility index (Phi) is 7.78. The van der Waals surface area contributed by atoms with E-state index in [2.05, 4.69) is 5.32 Å². The van der Waals surface area contributed by atoms with Crippen molar-refractivity contribution in [1.82, 2.24) is 5.32 Å². The summed E-state index contributed by atoms with van der Waals surface area (Å²) in [4.78, 5) is 34.7. The maximum Gasteiger partial charge on any atom is 0.304 e. The van der Waals surface area contributed by atoms with E-state index in [0.717, 1.165) is 10.8 Å². The van der Waals surface area contributed by atoms with Crippen LogP contribution in [0.15, 0.2) is 36.4 Å². The number of ether oxygens (including phenoxy) is 5. The minimum absolute atomic E-state index is 0.0281. The van der Waals surface area contributed by atoms with Crippen LogP contribution in [-0.4, -0.2) is 38.4 Å². The van der Waals surface area contributed by atoms with E-state index in [0.29, 0.717) is 33.9 Å². The number of methoxy groups -OCH3 is 2. The van der Waals surface area contributed by atoms with Crippen LogP contribution >= 0.6 is 0 Å². The van der Waals surface area contributed by atoms with Crippen LogP contribution < -0.4 is 14.8 Å². The van der Waals surface area contributed by atoms with Crippen molar-refractivity contribution < 1.29 is 38.1 Å². The van der Waals surface area contributed by atoms with Gasteiger partial charge in [-0.1, -0.05) is 6.08 Å². The molecule has 0 saturated heterocycles. The first-order chi connectivity index (χ1) is 16.2. The molecular formula is C25H27NO8. The Morgan fingerprint density at radius 3 is 2.15 bits per heavy atom. The van der Waals surface area contributed by atoms with Gasteiger partial charge in [-0.2, -0.15) is 0 Å². The van der Waals surface area contributed by atoms with Gasteiger partial charge in [0.2, 0.25) is 0 Å². The average molecular weight is 469 g/mol. The summed E-state index contributed by atoms with van der Waals surface area (Å²) in [7, 11) is 3.08. The first kappa shape index (κ1) is 24.6. The Labute approximate surface area is 197 Å². The highest BCUT2D eigenvalue weighted by Crippen LogP contribution is 2.39. The van der Waals surface area contributed by atoms with E-state index >= 15 is 0 Å². The molecular weight excluding hydrogens is 442 g/mol. The van der Waals surface area contributed by atoms with Crippen molar-refractivity contribution in [1.29, 1.82) is 0 Å². The fourth-order valence-corrected chi connectivity index (χ4v) is 3.69. The Balaban J connectivity index is 2.28. The Morgan fingerprint density at radius 2 is 1.53 bits per heavy atom. The standard InChI is InChI=1S/C25H27NO8/c1-14(27)32-12-18-9-17-10-22(30-4)23(31-5)11-19(17)25(20(18)13-33-15(2)28)21-7-6-8-24(26-21)34-16(3)29/h6-11,24,26H,12-13H2,1-5H3. The van der Waals surface area contributed by atoms with Crippen LogP contribution in [0, 0.1) is 0 Å². The molecule has 1 heterocycles. The second-order valence-corrected chi connectivity index (χ2v) is 7.52. The van der Waals surface area contributed by atoms with Gasteiger partial charge in [-0.15, -0.1) is 0 Å². The second-order valence-electron chi connectivity index (χ2n) is 7.52. The van der Waals surface area contributed by atoms with Gasteiger partial charge in [0.25, 0.3) is 0 Å². The molecule has 0 aliphatic carbocycles. The van der Waals surface area contributed by atoms with Crippen LogP contribution in [0.2, 0.25) is 0 Å². The van der Waals surface area contributed by atoms with Crippen molar-refractivity contribution in [3.8, 4) is 11.5 Å². The molecule has 1 aliphatic heterocycles. The van der Waals surface area contributed by atoms with E-state index in [1.165, 1.54) is 27.9 Å². The number of hydrogen-bond acceptors (Lipinski definition) is 9. The topological polar surface area (TPSA) is 109 Å². The molecule has 34 heavy (non-hydrogen) atoms. The second kappa shape index (κ2) is 10.7. The zero-order valence-corrected chi connectivity index (χ0v) is 19.7. The molecule has 3 rings (SSSR count). The summed E-state index contributed by atoms with van der Waals surface area (Å²) < 4.78 is 26.9. The van der Waals surface area contributed by atoms with Crippen LogP contribution in [-0.2, 0) is 41.8 Å². The predicted octanol–water partition coefficient (Wildman–Crippen LogP) is 3.37. The first-order valence-corrected chi connectivity index (χ1v) is 10.5. The predicted molar refractivity (Wildman–Crippen MR) is 124 cm³/mol. The summed E-state index contributed by atoms with van der Waals surface area (Å²) in [6.07, 6.45) is 4.59. The molecule has 0 bridgehead atoms. The summed E-state index contributed by atoms with van der Waals surface area (Å²) in [5.74, 6) is -0.315. The third kappa shape index (κ3) is 5.67. The molecule has 1 aliphatic rings. The van der Waals surface area contributed by atoms with Crippen LogP contribution in [0.25, 0.3) is 16.5 Å². The molecule has 2 aromatic rings. The van der Waals surface area contributed by atoms with Crippen molar-refractivity contribution in [2.75, 3.05) is 14.2 Å².